The number of amides is 1. The van der Waals surface area contributed by atoms with Crippen molar-refractivity contribution in [2.75, 3.05) is 18.0 Å². The second kappa shape index (κ2) is 10.7. The van der Waals surface area contributed by atoms with Crippen LogP contribution < -0.4 is 10.2 Å². The predicted octanol–water partition coefficient (Wildman–Crippen LogP) is 5.64. The van der Waals surface area contributed by atoms with Gasteiger partial charge in [-0.2, -0.15) is 4.68 Å². The highest BCUT2D eigenvalue weighted by molar-refractivity contribution is 7.22. The molecule has 1 saturated heterocycles. The summed E-state index contributed by atoms with van der Waals surface area (Å²) in [5, 5.41) is 12.5. The van der Waals surface area contributed by atoms with Crippen LogP contribution in [0.3, 0.4) is 0 Å². The fourth-order valence-corrected chi connectivity index (χ4v) is 6.66. The summed E-state index contributed by atoms with van der Waals surface area (Å²) in [5.41, 5.74) is 4.47. The van der Waals surface area contributed by atoms with Gasteiger partial charge in [0, 0.05) is 51.4 Å². The predicted molar refractivity (Wildman–Crippen MR) is 162 cm³/mol. The SMILES string of the molecule is Cc1cc(-c2cc3c(N(C(=O)c4ccc(-n5nnc6cccnc65)cc4F)[C@@H]4CCCNC4)nccc3s2)cc(C)n1. The normalized spacial score (nSPS) is 15.4. The van der Waals surface area contributed by atoms with E-state index in [9.17, 15) is 4.79 Å². The van der Waals surface area contributed by atoms with Crippen LogP contribution in [0.15, 0.2) is 67.0 Å². The van der Waals surface area contributed by atoms with E-state index in [2.05, 4.69) is 43.8 Å². The second-order valence-electron chi connectivity index (χ2n) is 10.5. The Labute approximate surface area is 245 Å². The summed E-state index contributed by atoms with van der Waals surface area (Å²) in [6, 6.07) is 16.0. The molecule has 0 aliphatic carbocycles. The largest absolute Gasteiger partial charge is 0.315 e. The van der Waals surface area contributed by atoms with E-state index in [1.807, 2.05) is 19.9 Å². The average Bonchev–Trinajstić information content (AvgIpc) is 3.63. The van der Waals surface area contributed by atoms with Crippen molar-refractivity contribution in [3.8, 4) is 16.1 Å². The molecule has 1 aliphatic heterocycles. The van der Waals surface area contributed by atoms with Crippen LogP contribution >= 0.6 is 11.3 Å². The lowest BCUT2D eigenvalue weighted by Crippen LogP contribution is -2.49. The standard InChI is InChI=1S/C31H27FN8OS/c1-18-13-20(14-19(2)36-18)28-16-24-27(42-28)9-12-35-29(24)39(22-5-3-10-33-17-22)31(41)23-8-7-21(15-25(23)32)40-30-26(37-38-40)6-4-11-34-30/h4,6-9,11-16,22,33H,3,5,10,17H2,1-2H3/t22-/m1/s1. The number of hydrogen-bond acceptors (Lipinski definition) is 8. The summed E-state index contributed by atoms with van der Waals surface area (Å²) in [6.07, 6.45) is 5.04. The van der Waals surface area contributed by atoms with Gasteiger partial charge in [0.1, 0.15) is 17.2 Å². The molecule has 0 spiro atoms. The molecule has 1 amide bonds. The quantitative estimate of drug-likeness (QED) is 0.282. The molecule has 1 aliphatic rings. The zero-order valence-electron chi connectivity index (χ0n) is 23.1. The Hall–Kier alpha value is -4.61. The lowest BCUT2D eigenvalue weighted by atomic mass is 10.0. The van der Waals surface area contributed by atoms with Crippen LogP contribution in [0, 0.1) is 19.7 Å². The topological polar surface area (TPSA) is 102 Å². The fraction of sp³-hybridized carbons (Fsp3) is 0.226. The highest BCUT2D eigenvalue weighted by Gasteiger charge is 2.32. The molecule has 1 N–H and O–H groups in total. The number of rotatable bonds is 5. The van der Waals surface area contributed by atoms with E-state index in [1.54, 1.807) is 46.8 Å². The number of nitrogens with zero attached hydrogens (tertiary/aromatic N) is 7. The number of halogens is 1. The Balaban J connectivity index is 1.31. The number of carbonyl (C=O) groups is 1. The summed E-state index contributed by atoms with van der Waals surface area (Å²) in [7, 11) is 0. The third-order valence-corrected chi connectivity index (χ3v) is 8.66. The molecule has 0 unspecified atom stereocenters. The Morgan fingerprint density at radius 3 is 2.71 bits per heavy atom. The number of hydrogen-bond donors (Lipinski definition) is 1. The van der Waals surface area contributed by atoms with Crippen LogP contribution in [0.5, 0.6) is 0 Å². The maximum atomic E-state index is 15.8. The molecular weight excluding hydrogens is 551 g/mol. The first-order valence-electron chi connectivity index (χ1n) is 13.8. The Bertz CT molecular complexity index is 1940. The Morgan fingerprint density at radius 2 is 1.93 bits per heavy atom. The Morgan fingerprint density at radius 1 is 1.07 bits per heavy atom. The van der Waals surface area contributed by atoms with Gasteiger partial charge in [0.15, 0.2) is 5.65 Å². The minimum atomic E-state index is -0.647. The smallest absolute Gasteiger partial charge is 0.262 e. The molecule has 0 bridgehead atoms. The number of nitrogens with one attached hydrogen (secondary N) is 1. The van der Waals surface area contributed by atoms with E-state index < -0.39 is 11.7 Å². The average molecular weight is 579 g/mol. The van der Waals surface area contributed by atoms with Crippen LogP contribution in [0.1, 0.15) is 34.6 Å². The van der Waals surface area contributed by atoms with Crippen molar-refractivity contribution < 1.29 is 9.18 Å². The first-order chi connectivity index (χ1) is 20.5. The van der Waals surface area contributed by atoms with Crippen molar-refractivity contribution in [3.63, 3.8) is 0 Å². The van der Waals surface area contributed by atoms with Crippen LogP contribution in [-0.4, -0.2) is 55.0 Å². The van der Waals surface area contributed by atoms with Crippen molar-refractivity contribution in [3.05, 3.63) is 89.8 Å². The number of pyridine rings is 3. The molecule has 7 rings (SSSR count). The summed E-state index contributed by atoms with van der Waals surface area (Å²) < 4.78 is 18.3. The molecule has 5 aromatic heterocycles. The van der Waals surface area contributed by atoms with E-state index in [0.29, 0.717) is 29.2 Å². The van der Waals surface area contributed by atoms with Crippen molar-refractivity contribution in [2.45, 2.75) is 32.7 Å². The number of fused-ring (bicyclic) bond motifs is 2. The summed E-state index contributed by atoms with van der Waals surface area (Å²) in [4.78, 5) is 30.5. The molecule has 210 valence electrons. The van der Waals surface area contributed by atoms with Gasteiger partial charge < -0.3 is 5.32 Å². The number of aryl methyl sites for hydroxylation is 2. The number of carbonyl (C=O) groups excluding carboxylic acids is 1. The molecule has 42 heavy (non-hydrogen) atoms. The molecule has 1 fully saturated rings. The van der Waals surface area contributed by atoms with Gasteiger partial charge in [-0.3, -0.25) is 14.7 Å². The molecule has 6 heterocycles. The van der Waals surface area contributed by atoms with Gasteiger partial charge in [-0.1, -0.05) is 5.21 Å². The van der Waals surface area contributed by atoms with Gasteiger partial charge >= 0.3 is 0 Å². The fourth-order valence-electron chi connectivity index (χ4n) is 5.63. The number of thiophene rings is 1. The van der Waals surface area contributed by atoms with E-state index in [-0.39, 0.29) is 11.6 Å². The molecule has 9 nitrogen and oxygen atoms in total. The zero-order valence-corrected chi connectivity index (χ0v) is 23.9. The van der Waals surface area contributed by atoms with Crippen molar-refractivity contribution in [1.82, 2.24) is 35.3 Å². The number of benzene rings is 1. The minimum Gasteiger partial charge on any atom is -0.315 e. The first kappa shape index (κ1) is 26.3. The summed E-state index contributed by atoms with van der Waals surface area (Å²) in [5.74, 6) is -0.546. The maximum absolute atomic E-state index is 15.8. The summed E-state index contributed by atoms with van der Waals surface area (Å²) >= 11 is 1.64. The van der Waals surface area contributed by atoms with Crippen LogP contribution in [-0.2, 0) is 0 Å². The van der Waals surface area contributed by atoms with Crippen LogP contribution in [0.25, 0.3) is 37.4 Å². The van der Waals surface area contributed by atoms with Crippen molar-refractivity contribution in [2.24, 2.45) is 0 Å². The molecule has 1 atom stereocenters. The number of piperidine rings is 1. The van der Waals surface area contributed by atoms with Crippen molar-refractivity contribution >= 4 is 44.3 Å². The second-order valence-corrected chi connectivity index (χ2v) is 11.6. The number of aromatic nitrogens is 6. The third-order valence-electron chi connectivity index (χ3n) is 7.51. The molecule has 1 aromatic carbocycles. The van der Waals surface area contributed by atoms with Gasteiger partial charge in [0.2, 0.25) is 0 Å². The highest BCUT2D eigenvalue weighted by atomic mass is 32.1. The van der Waals surface area contributed by atoms with Gasteiger partial charge in [0.05, 0.1) is 17.3 Å². The van der Waals surface area contributed by atoms with E-state index >= 15 is 4.39 Å². The third kappa shape index (κ3) is 4.70. The van der Waals surface area contributed by atoms with Gasteiger partial charge in [0.25, 0.3) is 5.91 Å². The van der Waals surface area contributed by atoms with Gasteiger partial charge in [-0.05, 0) is 87.3 Å². The van der Waals surface area contributed by atoms with Crippen LogP contribution in [0.4, 0.5) is 10.2 Å². The molecule has 0 radical (unpaired) electrons. The van der Waals surface area contributed by atoms with Crippen molar-refractivity contribution in [1.29, 1.82) is 0 Å². The first-order valence-corrected chi connectivity index (χ1v) is 14.6. The molecular formula is C31H27FN8OS. The van der Waals surface area contributed by atoms with Gasteiger partial charge in [-0.25, -0.2) is 14.4 Å². The molecule has 6 aromatic rings. The Kier molecular flexibility index (Phi) is 6.67. The highest BCUT2D eigenvalue weighted by Crippen LogP contribution is 2.39. The van der Waals surface area contributed by atoms with E-state index in [1.165, 1.54) is 16.8 Å². The lowest BCUT2D eigenvalue weighted by molar-refractivity contribution is 0.0968. The monoisotopic (exact) mass is 578 g/mol. The number of anilines is 1. The van der Waals surface area contributed by atoms with Gasteiger partial charge in [-0.15, -0.1) is 16.4 Å². The zero-order chi connectivity index (χ0) is 28.8. The molecule has 0 saturated carbocycles. The lowest BCUT2D eigenvalue weighted by Gasteiger charge is -2.34. The van der Waals surface area contributed by atoms with Crippen LogP contribution in [0.2, 0.25) is 0 Å². The summed E-state index contributed by atoms with van der Waals surface area (Å²) in [6.45, 7) is 5.44. The van der Waals surface area contributed by atoms with E-state index in [0.717, 1.165) is 51.3 Å². The van der Waals surface area contributed by atoms with E-state index in [4.69, 9.17) is 4.98 Å². The molecule has 11 heteroatoms. The minimum absolute atomic E-state index is 0.0312. The maximum Gasteiger partial charge on any atom is 0.262 e.